The highest BCUT2D eigenvalue weighted by atomic mass is 32.1. The second-order valence-corrected chi connectivity index (χ2v) is 15.5. The van der Waals surface area contributed by atoms with Crippen LogP contribution in [0, 0.1) is 0 Å². The fourth-order valence-corrected chi connectivity index (χ4v) is 8.47. The Hall–Kier alpha value is -6.84. The molecule has 2 unspecified atom stereocenters. The fourth-order valence-electron chi connectivity index (χ4n) is 7.41. The lowest BCUT2D eigenvalue weighted by Crippen LogP contribution is -2.41. The van der Waals surface area contributed by atoms with Gasteiger partial charge in [-0.1, -0.05) is 72.8 Å². The van der Waals surface area contributed by atoms with Crippen LogP contribution in [-0.2, 0) is 23.9 Å². The quantitative estimate of drug-likeness (QED) is 0.104. The number of aromatic nitrogens is 5. The summed E-state index contributed by atoms with van der Waals surface area (Å²) in [6, 6.07) is 29.2. The molecule has 2 aliphatic rings. The molecule has 0 saturated carbocycles. The number of carbonyl (C=O) groups is 4. The average Bonchev–Trinajstić information content (AvgIpc) is 4.17. The van der Waals surface area contributed by atoms with Crippen LogP contribution in [0.4, 0.5) is 0 Å². The summed E-state index contributed by atoms with van der Waals surface area (Å²) in [6.45, 7) is 5.21. The van der Waals surface area contributed by atoms with Gasteiger partial charge in [-0.05, 0) is 67.6 Å². The van der Waals surface area contributed by atoms with Crippen molar-refractivity contribution in [2.45, 2.75) is 44.7 Å². The van der Waals surface area contributed by atoms with Gasteiger partial charge in [0.2, 0.25) is 17.7 Å². The van der Waals surface area contributed by atoms with Crippen molar-refractivity contribution in [1.29, 1.82) is 0 Å². The summed E-state index contributed by atoms with van der Waals surface area (Å²) in [5, 5.41) is 9.26. The van der Waals surface area contributed by atoms with Crippen LogP contribution in [0.25, 0.3) is 38.4 Å². The van der Waals surface area contributed by atoms with Gasteiger partial charge in [0.25, 0.3) is 6.47 Å². The summed E-state index contributed by atoms with van der Waals surface area (Å²) in [7, 11) is 3.15. The van der Waals surface area contributed by atoms with Crippen molar-refractivity contribution < 1.29 is 23.9 Å². The minimum absolute atomic E-state index is 0.00565. The molecular formula is C47H53N9O5S. The van der Waals surface area contributed by atoms with E-state index in [0.29, 0.717) is 6.47 Å². The predicted octanol–water partition coefficient (Wildman–Crippen LogP) is 7.32. The highest BCUT2D eigenvalue weighted by Gasteiger charge is 2.28. The molecule has 6 heterocycles. The zero-order chi connectivity index (χ0) is 43.7. The number of amides is 3. The number of ether oxygens (including phenoxy) is 1. The normalized spacial score (nSPS) is 14.0. The van der Waals surface area contributed by atoms with Gasteiger partial charge in [0.1, 0.15) is 16.9 Å². The molecule has 62 heavy (non-hydrogen) atoms. The average molecular weight is 856 g/mol. The third-order valence-electron chi connectivity index (χ3n) is 10.5. The van der Waals surface area contributed by atoms with Crippen LogP contribution in [0.2, 0.25) is 0 Å². The van der Waals surface area contributed by atoms with Crippen LogP contribution < -0.4 is 10.6 Å². The zero-order valence-corrected chi connectivity index (χ0v) is 36.0. The van der Waals surface area contributed by atoms with Crippen LogP contribution in [0.3, 0.4) is 0 Å². The standard InChI is InChI=1S/C18H13N5S.C14H18N2O2.C13H18N2O.C2H4O2/c1-3-13(4-2-12(1)16-7-19-10-21-16)23-6-5-14-15(9-24-18(14)23)17-8-20-11-22-17;1-11(17)15-13(12-7-3-2-4-8-12)14(18)16-9-5-6-10-16;1-14-12(11-7-3-2-4-8-11)13(16)15-9-5-6-10-15;1-4-2-3/h1-11H,(H,19,21)(H,20,22);2-4,7-8,13H,5-6,9-10H2,1H3,(H,15,17);2-4,7-8,12,14H,5-6,9-10H2,1H3;2H,1H3. The van der Waals surface area contributed by atoms with E-state index in [1.165, 1.54) is 29.8 Å². The Kier molecular flexibility index (Phi) is 16.3. The molecule has 3 amide bonds. The van der Waals surface area contributed by atoms with Crippen molar-refractivity contribution in [3.63, 3.8) is 0 Å². The third-order valence-corrected chi connectivity index (χ3v) is 11.5. The van der Waals surface area contributed by atoms with Crippen LogP contribution in [0.15, 0.2) is 128 Å². The van der Waals surface area contributed by atoms with Gasteiger partial charge in [-0.25, -0.2) is 9.97 Å². The smallest absolute Gasteiger partial charge is 0.292 e. The highest BCUT2D eigenvalue weighted by Crippen LogP contribution is 2.35. The SMILES string of the molecule is CC(=O)NC(C(=O)N1CCCC1)c1ccccc1.CNC(C(=O)N1CCCC1)c1ccccc1.COC=O.c1ncc(-c2ccc(-n3ccc4c(-c5cnc[nH]5)csc43)cc2)[nH]1. The molecule has 4 aromatic heterocycles. The monoisotopic (exact) mass is 855 g/mol. The maximum Gasteiger partial charge on any atom is 0.292 e. The minimum atomic E-state index is -0.554. The lowest BCUT2D eigenvalue weighted by Gasteiger charge is -2.23. The number of nitrogens with zero attached hydrogens (tertiary/aromatic N) is 5. The molecule has 7 aromatic rings. The number of methoxy groups -OCH3 is 1. The van der Waals surface area contributed by atoms with E-state index in [0.717, 1.165) is 85.6 Å². The Labute approximate surface area is 365 Å². The van der Waals surface area contributed by atoms with Crippen LogP contribution in [-0.4, -0.2) is 98.8 Å². The van der Waals surface area contributed by atoms with Crippen molar-refractivity contribution in [3.05, 3.63) is 139 Å². The fraction of sp³-hybridized carbons (Fsp3) is 0.277. The van der Waals surface area contributed by atoms with Crippen LogP contribution in [0.1, 0.15) is 55.8 Å². The molecule has 0 radical (unpaired) electrons. The first-order valence-electron chi connectivity index (χ1n) is 20.6. The first-order valence-corrected chi connectivity index (χ1v) is 21.5. The van der Waals surface area contributed by atoms with Gasteiger partial charge >= 0.3 is 0 Å². The van der Waals surface area contributed by atoms with E-state index in [4.69, 9.17) is 4.79 Å². The number of H-pyrrole nitrogens is 2. The van der Waals surface area contributed by atoms with E-state index in [2.05, 4.69) is 81.8 Å². The number of fused-ring (bicyclic) bond motifs is 1. The largest absolute Gasteiger partial charge is 0.471 e. The van der Waals surface area contributed by atoms with Gasteiger partial charge < -0.3 is 39.7 Å². The third kappa shape index (κ3) is 11.5. The maximum absolute atomic E-state index is 12.4. The van der Waals surface area contributed by atoms with Crippen molar-refractivity contribution >= 4 is 45.7 Å². The highest BCUT2D eigenvalue weighted by molar-refractivity contribution is 7.17. The van der Waals surface area contributed by atoms with Crippen molar-refractivity contribution in [2.24, 2.45) is 0 Å². The number of benzene rings is 3. The van der Waals surface area contributed by atoms with Gasteiger partial charge in [-0.15, -0.1) is 11.3 Å². The molecule has 14 nitrogen and oxygen atoms in total. The number of imidazole rings is 2. The number of aromatic amines is 2. The van der Waals surface area contributed by atoms with Crippen LogP contribution >= 0.6 is 11.3 Å². The number of hydrogen-bond acceptors (Lipinski definition) is 9. The first kappa shape index (κ1) is 44.7. The van der Waals surface area contributed by atoms with E-state index < -0.39 is 6.04 Å². The zero-order valence-electron chi connectivity index (χ0n) is 35.2. The lowest BCUT2D eigenvalue weighted by molar-refractivity contribution is -0.135. The number of hydrogen-bond donors (Lipinski definition) is 4. The van der Waals surface area contributed by atoms with Gasteiger partial charge in [0, 0.05) is 61.3 Å². The van der Waals surface area contributed by atoms with Gasteiger partial charge in [0.05, 0.1) is 43.5 Å². The van der Waals surface area contributed by atoms with E-state index >= 15 is 0 Å². The molecule has 2 saturated heterocycles. The number of nitrogens with one attached hydrogen (secondary N) is 4. The predicted molar refractivity (Wildman–Crippen MR) is 242 cm³/mol. The lowest BCUT2D eigenvalue weighted by atomic mass is 10.1. The van der Waals surface area contributed by atoms with E-state index in [1.807, 2.05) is 89.9 Å². The summed E-state index contributed by atoms with van der Waals surface area (Å²) in [5.74, 6) is 0.0106. The molecular weight excluding hydrogens is 803 g/mol. The number of likely N-dealkylation sites (tertiary alicyclic amines) is 2. The number of carbonyl (C=O) groups excluding carboxylic acids is 4. The van der Waals surface area contributed by atoms with Crippen LogP contribution in [0.5, 0.6) is 0 Å². The molecule has 322 valence electrons. The molecule has 15 heteroatoms. The number of rotatable bonds is 10. The number of thiophene rings is 1. The van der Waals surface area contributed by atoms with E-state index in [1.54, 1.807) is 24.0 Å². The van der Waals surface area contributed by atoms with Gasteiger partial charge in [-0.3, -0.25) is 19.2 Å². The Morgan fingerprint density at radius 3 is 1.74 bits per heavy atom. The van der Waals surface area contributed by atoms with Crippen molar-refractivity contribution in [3.8, 4) is 28.2 Å². The van der Waals surface area contributed by atoms with Crippen molar-refractivity contribution in [2.75, 3.05) is 40.3 Å². The molecule has 4 N–H and O–H groups in total. The Bertz CT molecular complexity index is 2420. The first-order chi connectivity index (χ1) is 30.3. The topological polar surface area (TPSA) is 170 Å². The second kappa shape index (κ2) is 22.7. The Morgan fingerprint density at radius 1 is 0.742 bits per heavy atom. The molecule has 3 aromatic carbocycles. The Balaban J connectivity index is 0.000000152. The Morgan fingerprint density at radius 2 is 1.26 bits per heavy atom. The molecule has 2 fully saturated rings. The number of likely N-dealkylation sites (N-methyl/N-ethyl adjacent to an activating group) is 1. The summed E-state index contributed by atoms with van der Waals surface area (Å²) < 4.78 is 6.08. The molecule has 2 aliphatic heterocycles. The summed E-state index contributed by atoms with van der Waals surface area (Å²) >= 11 is 1.74. The molecule has 0 spiro atoms. The maximum atomic E-state index is 12.4. The van der Waals surface area contributed by atoms with E-state index in [9.17, 15) is 14.4 Å². The van der Waals surface area contributed by atoms with Gasteiger partial charge in [-0.2, -0.15) is 0 Å². The summed E-state index contributed by atoms with van der Waals surface area (Å²) in [4.78, 5) is 64.4. The minimum Gasteiger partial charge on any atom is -0.471 e. The van der Waals surface area contributed by atoms with E-state index in [-0.39, 0.29) is 23.8 Å². The van der Waals surface area contributed by atoms with Crippen molar-refractivity contribution in [1.82, 2.24) is 44.9 Å². The summed E-state index contributed by atoms with van der Waals surface area (Å²) in [5.41, 5.74) is 7.42. The molecule has 2 atom stereocenters. The molecule has 0 aliphatic carbocycles. The molecule has 9 rings (SSSR count). The van der Waals surface area contributed by atoms with Gasteiger partial charge in [0.15, 0.2) is 0 Å². The molecule has 0 bridgehead atoms. The summed E-state index contributed by atoms with van der Waals surface area (Å²) in [6.07, 6.45) is 13.6. The second-order valence-electron chi connectivity index (χ2n) is 14.6.